The van der Waals surface area contributed by atoms with Gasteiger partial charge in [-0.25, -0.2) is 4.98 Å². The van der Waals surface area contributed by atoms with E-state index in [0.29, 0.717) is 0 Å². The van der Waals surface area contributed by atoms with Crippen molar-refractivity contribution in [2.24, 2.45) is 0 Å². The van der Waals surface area contributed by atoms with Gasteiger partial charge in [-0.15, -0.1) is 0 Å². The van der Waals surface area contributed by atoms with Gasteiger partial charge in [-0.05, 0) is 32.3 Å². The van der Waals surface area contributed by atoms with Gasteiger partial charge >= 0.3 is 0 Å². The Kier molecular flexibility index (Phi) is 5.49. The summed E-state index contributed by atoms with van der Waals surface area (Å²) >= 11 is 0. The number of nitrogens with zero attached hydrogens (tertiary/aromatic N) is 2. The summed E-state index contributed by atoms with van der Waals surface area (Å²) in [7, 11) is 0. The third-order valence-corrected chi connectivity index (χ3v) is 3.99. The largest absolute Gasteiger partial charge is 0.370 e. The first kappa shape index (κ1) is 14.2. The molecule has 2 rings (SSSR count). The van der Waals surface area contributed by atoms with Gasteiger partial charge in [-0.2, -0.15) is 0 Å². The molecule has 1 aliphatic carbocycles. The van der Waals surface area contributed by atoms with Gasteiger partial charge in [-0.1, -0.05) is 26.2 Å². The van der Waals surface area contributed by atoms with Crippen LogP contribution in [0.25, 0.3) is 0 Å². The quantitative estimate of drug-likeness (QED) is 0.837. The number of aromatic nitrogens is 1. The standard InChI is InChI=1S/C16H27N3/c1-3-11-17-16-13-15(10-12-18-16)19(4-2)14-8-6-5-7-9-14/h10,12-14H,3-9,11H2,1-2H3,(H,17,18). The molecule has 0 spiro atoms. The monoisotopic (exact) mass is 261 g/mol. The molecule has 1 aromatic heterocycles. The van der Waals surface area contributed by atoms with Crippen LogP contribution in [0.5, 0.6) is 0 Å². The molecule has 106 valence electrons. The number of nitrogens with one attached hydrogen (secondary N) is 1. The van der Waals surface area contributed by atoms with Crippen LogP contribution in [-0.2, 0) is 0 Å². The van der Waals surface area contributed by atoms with E-state index in [9.17, 15) is 0 Å². The summed E-state index contributed by atoms with van der Waals surface area (Å²) in [6.45, 7) is 6.51. The van der Waals surface area contributed by atoms with Crippen LogP contribution in [0.15, 0.2) is 18.3 Å². The predicted molar refractivity (Wildman–Crippen MR) is 82.9 cm³/mol. The second-order valence-corrected chi connectivity index (χ2v) is 5.40. The molecule has 1 saturated carbocycles. The van der Waals surface area contributed by atoms with Gasteiger partial charge in [-0.3, -0.25) is 0 Å². The summed E-state index contributed by atoms with van der Waals surface area (Å²) in [4.78, 5) is 6.95. The number of hydrogen-bond acceptors (Lipinski definition) is 3. The molecule has 0 aliphatic heterocycles. The number of hydrogen-bond donors (Lipinski definition) is 1. The minimum Gasteiger partial charge on any atom is -0.370 e. The first-order valence-electron chi connectivity index (χ1n) is 7.81. The molecule has 0 amide bonds. The number of anilines is 2. The van der Waals surface area contributed by atoms with E-state index in [4.69, 9.17) is 0 Å². The Balaban J connectivity index is 2.08. The van der Waals surface area contributed by atoms with E-state index in [1.165, 1.54) is 37.8 Å². The summed E-state index contributed by atoms with van der Waals surface area (Å²) in [6.07, 6.45) is 9.92. The summed E-state index contributed by atoms with van der Waals surface area (Å²) in [5.41, 5.74) is 1.32. The van der Waals surface area contributed by atoms with Crippen LogP contribution in [0.4, 0.5) is 11.5 Å². The van der Waals surface area contributed by atoms with Crippen molar-refractivity contribution in [3.63, 3.8) is 0 Å². The molecular formula is C16H27N3. The molecule has 1 heterocycles. The molecule has 1 aromatic rings. The van der Waals surface area contributed by atoms with Crippen molar-refractivity contribution in [1.29, 1.82) is 0 Å². The minimum absolute atomic E-state index is 0.722. The lowest BCUT2D eigenvalue weighted by Crippen LogP contribution is -2.36. The van der Waals surface area contributed by atoms with E-state index in [0.717, 1.165) is 31.4 Å². The zero-order chi connectivity index (χ0) is 13.5. The Morgan fingerprint density at radius 3 is 2.74 bits per heavy atom. The highest BCUT2D eigenvalue weighted by Crippen LogP contribution is 2.27. The lowest BCUT2D eigenvalue weighted by Gasteiger charge is -2.35. The second kappa shape index (κ2) is 7.37. The van der Waals surface area contributed by atoms with E-state index in [1.54, 1.807) is 0 Å². The molecule has 19 heavy (non-hydrogen) atoms. The van der Waals surface area contributed by atoms with Crippen LogP contribution in [0.1, 0.15) is 52.4 Å². The maximum atomic E-state index is 4.40. The van der Waals surface area contributed by atoms with Gasteiger partial charge in [0.25, 0.3) is 0 Å². The molecule has 1 aliphatic rings. The van der Waals surface area contributed by atoms with Gasteiger partial charge in [0, 0.05) is 37.1 Å². The lowest BCUT2D eigenvalue weighted by atomic mass is 9.94. The summed E-state index contributed by atoms with van der Waals surface area (Å²) in [5, 5.41) is 3.38. The fourth-order valence-electron chi connectivity index (χ4n) is 2.99. The Morgan fingerprint density at radius 2 is 2.05 bits per heavy atom. The van der Waals surface area contributed by atoms with Crippen molar-refractivity contribution in [3.8, 4) is 0 Å². The summed E-state index contributed by atoms with van der Waals surface area (Å²) in [5.74, 6) is 1.01. The lowest BCUT2D eigenvalue weighted by molar-refractivity contribution is 0.418. The Bertz CT molecular complexity index is 372. The maximum absolute atomic E-state index is 4.40. The normalized spacial score (nSPS) is 16.3. The Morgan fingerprint density at radius 1 is 1.26 bits per heavy atom. The number of rotatable bonds is 6. The number of pyridine rings is 1. The van der Waals surface area contributed by atoms with E-state index in [2.05, 4.69) is 41.2 Å². The van der Waals surface area contributed by atoms with Crippen LogP contribution >= 0.6 is 0 Å². The third-order valence-electron chi connectivity index (χ3n) is 3.99. The molecule has 0 aromatic carbocycles. The van der Waals surface area contributed by atoms with Crippen molar-refractivity contribution in [2.45, 2.75) is 58.4 Å². The van der Waals surface area contributed by atoms with Gasteiger partial charge < -0.3 is 10.2 Å². The fourth-order valence-corrected chi connectivity index (χ4v) is 2.99. The molecule has 0 unspecified atom stereocenters. The second-order valence-electron chi connectivity index (χ2n) is 5.40. The van der Waals surface area contributed by atoms with Crippen molar-refractivity contribution in [2.75, 3.05) is 23.3 Å². The van der Waals surface area contributed by atoms with Gasteiger partial charge in [0.2, 0.25) is 0 Å². The zero-order valence-electron chi connectivity index (χ0n) is 12.4. The van der Waals surface area contributed by atoms with Crippen LogP contribution in [0.2, 0.25) is 0 Å². The van der Waals surface area contributed by atoms with Crippen molar-refractivity contribution >= 4 is 11.5 Å². The van der Waals surface area contributed by atoms with E-state index in [-0.39, 0.29) is 0 Å². The Hall–Kier alpha value is -1.25. The zero-order valence-corrected chi connectivity index (χ0v) is 12.4. The molecular weight excluding hydrogens is 234 g/mol. The molecule has 1 N–H and O–H groups in total. The SMILES string of the molecule is CCCNc1cc(N(CC)C2CCCCC2)ccn1. The van der Waals surface area contributed by atoms with Crippen LogP contribution in [0.3, 0.4) is 0 Å². The molecule has 0 bridgehead atoms. The summed E-state index contributed by atoms with van der Waals surface area (Å²) in [6, 6.07) is 5.07. The summed E-state index contributed by atoms with van der Waals surface area (Å²) < 4.78 is 0. The average molecular weight is 261 g/mol. The minimum atomic E-state index is 0.722. The highest BCUT2D eigenvalue weighted by atomic mass is 15.2. The maximum Gasteiger partial charge on any atom is 0.127 e. The average Bonchev–Trinajstić information content (AvgIpc) is 2.47. The first-order chi connectivity index (χ1) is 9.35. The Labute approximate surface area is 117 Å². The fraction of sp³-hybridized carbons (Fsp3) is 0.688. The van der Waals surface area contributed by atoms with Crippen LogP contribution in [0, 0.1) is 0 Å². The van der Waals surface area contributed by atoms with Gasteiger partial charge in [0.15, 0.2) is 0 Å². The predicted octanol–water partition coefficient (Wildman–Crippen LogP) is 4.06. The van der Waals surface area contributed by atoms with E-state index >= 15 is 0 Å². The van der Waals surface area contributed by atoms with E-state index < -0.39 is 0 Å². The van der Waals surface area contributed by atoms with Gasteiger partial charge in [0.05, 0.1) is 0 Å². The topological polar surface area (TPSA) is 28.2 Å². The first-order valence-corrected chi connectivity index (χ1v) is 7.81. The third kappa shape index (κ3) is 3.85. The van der Waals surface area contributed by atoms with E-state index in [1.807, 2.05) is 6.20 Å². The highest BCUT2D eigenvalue weighted by Gasteiger charge is 2.20. The van der Waals surface area contributed by atoms with Crippen molar-refractivity contribution < 1.29 is 0 Å². The molecule has 0 saturated heterocycles. The van der Waals surface area contributed by atoms with Gasteiger partial charge in [0.1, 0.15) is 5.82 Å². The molecule has 0 atom stereocenters. The molecule has 3 nitrogen and oxygen atoms in total. The van der Waals surface area contributed by atoms with Crippen molar-refractivity contribution in [3.05, 3.63) is 18.3 Å². The molecule has 3 heteroatoms. The van der Waals surface area contributed by atoms with Crippen LogP contribution < -0.4 is 10.2 Å². The van der Waals surface area contributed by atoms with Crippen LogP contribution in [-0.4, -0.2) is 24.1 Å². The van der Waals surface area contributed by atoms with Crippen molar-refractivity contribution in [1.82, 2.24) is 4.98 Å². The molecule has 0 radical (unpaired) electrons. The highest BCUT2D eigenvalue weighted by molar-refractivity contribution is 5.54. The smallest absolute Gasteiger partial charge is 0.127 e. The molecule has 1 fully saturated rings.